The van der Waals surface area contributed by atoms with Gasteiger partial charge in [0, 0.05) is 18.6 Å². The highest BCUT2D eigenvalue weighted by atomic mass is 16.2. The largest absolute Gasteiger partial charge is 0.335 e. The number of hydrogen-bond donors (Lipinski definition) is 1. The third kappa shape index (κ3) is 4.84. The number of carbonyl (C=O) groups excluding carboxylic acids is 1. The first-order chi connectivity index (χ1) is 10.6. The molecule has 2 atom stereocenters. The van der Waals surface area contributed by atoms with Crippen molar-refractivity contribution in [1.29, 1.82) is 0 Å². The van der Waals surface area contributed by atoms with Crippen LogP contribution in [0.3, 0.4) is 0 Å². The predicted molar refractivity (Wildman–Crippen MR) is 91.6 cm³/mol. The summed E-state index contributed by atoms with van der Waals surface area (Å²) < 4.78 is 0. The van der Waals surface area contributed by atoms with Crippen molar-refractivity contribution in [3.05, 3.63) is 35.9 Å². The number of hydrogen-bond acceptors (Lipinski definition) is 2. The van der Waals surface area contributed by atoms with Crippen molar-refractivity contribution in [3.63, 3.8) is 0 Å². The molecule has 0 spiro atoms. The summed E-state index contributed by atoms with van der Waals surface area (Å²) in [7, 11) is 0. The van der Waals surface area contributed by atoms with E-state index in [1.54, 1.807) is 0 Å². The Kier molecular flexibility index (Phi) is 6.44. The van der Waals surface area contributed by atoms with Crippen LogP contribution in [0.25, 0.3) is 0 Å². The van der Waals surface area contributed by atoms with Crippen LogP contribution in [-0.4, -0.2) is 29.4 Å². The average molecular weight is 302 g/mol. The summed E-state index contributed by atoms with van der Waals surface area (Å²) >= 11 is 0. The Labute approximate surface area is 135 Å². The van der Waals surface area contributed by atoms with E-state index in [-0.39, 0.29) is 11.9 Å². The van der Waals surface area contributed by atoms with Crippen LogP contribution in [0.2, 0.25) is 0 Å². The number of nitrogens with zero attached hydrogens (tertiary/aromatic N) is 1. The van der Waals surface area contributed by atoms with E-state index in [0.29, 0.717) is 25.0 Å². The quantitative estimate of drug-likeness (QED) is 0.871. The van der Waals surface area contributed by atoms with Crippen molar-refractivity contribution in [2.24, 2.45) is 5.92 Å². The first kappa shape index (κ1) is 17.0. The fraction of sp³-hybridized carbons (Fsp3) is 0.632. The Balaban J connectivity index is 1.89. The Hall–Kier alpha value is -1.35. The zero-order chi connectivity index (χ0) is 15.9. The van der Waals surface area contributed by atoms with Crippen LogP contribution in [0.4, 0.5) is 0 Å². The molecule has 1 aromatic rings. The van der Waals surface area contributed by atoms with Crippen LogP contribution in [0.1, 0.15) is 52.0 Å². The fourth-order valence-corrected chi connectivity index (χ4v) is 3.28. The zero-order valence-electron chi connectivity index (χ0n) is 14.2. The van der Waals surface area contributed by atoms with Crippen molar-refractivity contribution in [1.82, 2.24) is 10.2 Å². The van der Waals surface area contributed by atoms with Crippen LogP contribution in [-0.2, 0) is 11.3 Å². The summed E-state index contributed by atoms with van der Waals surface area (Å²) in [5.74, 6) is 0.889. The van der Waals surface area contributed by atoms with Crippen molar-refractivity contribution in [2.45, 2.75) is 65.1 Å². The Morgan fingerprint density at radius 1 is 1.23 bits per heavy atom. The smallest absolute Gasteiger partial charge is 0.237 e. The molecule has 1 saturated carbocycles. The van der Waals surface area contributed by atoms with E-state index < -0.39 is 0 Å². The SMILES string of the molecule is CC1CCCCC1NCC(=O)N(Cc1ccccc1)C(C)C. The Morgan fingerprint density at radius 3 is 2.55 bits per heavy atom. The van der Waals surface area contributed by atoms with E-state index in [9.17, 15) is 4.79 Å². The van der Waals surface area contributed by atoms with Gasteiger partial charge in [-0.25, -0.2) is 0 Å². The minimum Gasteiger partial charge on any atom is -0.335 e. The summed E-state index contributed by atoms with van der Waals surface area (Å²) in [6, 6.07) is 11.0. The number of benzene rings is 1. The highest BCUT2D eigenvalue weighted by molar-refractivity contribution is 5.78. The maximum Gasteiger partial charge on any atom is 0.237 e. The van der Waals surface area contributed by atoms with E-state index in [0.717, 1.165) is 0 Å². The van der Waals surface area contributed by atoms with Crippen LogP contribution >= 0.6 is 0 Å². The van der Waals surface area contributed by atoms with Gasteiger partial charge < -0.3 is 10.2 Å². The molecule has 3 heteroatoms. The van der Waals surface area contributed by atoms with Crippen molar-refractivity contribution >= 4 is 5.91 Å². The first-order valence-corrected chi connectivity index (χ1v) is 8.64. The summed E-state index contributed by atoms with van der Waals surface area (Å²) in [5, 5.41) is 3.50. The molecular formula is C19H30N2O. The molecule has 0 saturated heterocycles. The number of amides is 1. The lowest BCUT2D eigenvalue weighted by molar-refractivity contribution is -0.132. The molecule has 2 rings (SSSR count). The highest BCUT2D eigenvalue weighted by Crippen LogP contribution is 2.23. The van der Waals surface area contributed by atoms with Gasteiger partial charge in [0.2, 0.25) is 5.91 Å². The van der Waals surface area contributed by atoms with E-state index in [4.69, 9.17) is 0 Å². The van der Waals surface area contributed by atoms with Gasteiger partial charge in [-0.3, -0.25) is 4.79 Å². The average Bonchev–Trinajstić information content (AvgIpc) is 2.52. The van der Waals surface area contributed by atoms with Gasteiger partial charge in [-0.1, -0.05) is 50.1 Å². The third-order valence-corrected chi connectivity index (χ3v) is 4.77. The van der Waals surface area contributed by atoms with Gasteiger partial charge in [0.15, 0.2) is 0 Å². The van der Waals surface area contributed by atoms with Crippen LogP contribution in [0.5, 0.6) is 0 Å². The number of carbonyl (C=O) groups is 1. The van der Waals surface area contributed by atoms with E-state index in [1.807, 2.05) is 23.1 Å². The van der Waals surface area contributed by atoms with Gasteiger partial charge in [0.25, 0.3) is 0 Å². The van der Waals surface area contributed by atoms with Crippen molar-refractivity contribution in [2.75, 3.05) is 6.54 Å². The molecule has 1 aliphatic rings. The van der Waals surface area contributed by atoms with Gasteiger partial charge >= 0.3 is 0 Å². The first-order valence-electron chi connectivity index (χ1n) is 8.64. The third-order valence-electron chi connectivity index (χ3n) is 4.77. The monoisotopic (exact) mass is 302 g/mol. The van der Waals surface area contributed by atoms with Gasteiger partial charge in [0.05, 0.1) is 6.54 Å². The van der Waals surface area contributed by atoms with Gasteiger partial charge in [0.1, 0.15) is 0 Å². The molecule has 2 unspecified atom stereocenters. The Bertz CT molecular complexity index is 458. The summed E-state index contributed by atoms with van der Waals surface area (Å²) in [6.45, 7) is 7.62. The molecule has 0 aromatic heterocycles. The van der Waals surface area contributed by atoms with Crippen molar-refractivity contribution in [3.8, 4) is 0 Å². The topological polar surface area (TPSA) is 32.3 Å². The molecule has 0 radical (unpaired) electrons. The molecule has 22 heavy (non-hydrogen) atoms. The summed E-state index contributed by atoms with van der Waals surface area (Å²) in [6.07, 6.45) is 5.10. The lowest BCUT2D eigenvalue weighted by atomic mass is 9.86. The molecule has 0 aliphatic heterocycles. The maximum atomic E-state index is 12.6. The minimum absolute atomic E-state index is 0.205. The van der Waals surface area contributed by atoms with Gasteiger partial charge in [-0.05, 0) is 38.2 Å². The lowest BCUT2D eigenvalue weighted by Crippen LogP contribution is -2.46. The Morgan fingerprint density at radius 2 is 1.91 bits per heavy atom. The van der Waals surface area contributed by atoms with Gasteiger partial charge in [-0.2, -0.15) is 0 Å². The zero-order valence-corrected chi connectivity index (χ0v) is 14.2. The van der Waals surface area contributed by atoms with Crippen LogP contribution < -0.4 is 5.32 Å². The van der Waals surface area contributed by atoms with Crippen LogP contribution in [0.15, 0.2) is 30.3 Å². The molecule has 1 aromatic carbocycles. The summed E-state index contributed by atoms with van der Waals surface area (Å²) in [4.78, 5) is 14.6. The molecule has 0 heterocycles. The maximum absolute atomic E-state index is 12.6. The second-order valence-corrected chi connectivity index (χ2v) is 6.85. The van der Waals surface area contributed by atoms with E-state index in [2.05, 4.69) is 38.2 Å². The second kappa shape index (κ2) is 8.33. The fourth-order valence-electron chi connectivity index (χ4n) is 3.28. The van der Waals surface area contributed by atoms with E-state index in [1.165, 1.54) is 31.2 Å². The van der Waals surface area contributed by atoms with Crippen LogP contribution in [0, 0.1) is 5.92 Å². The molecule has 1 aliphatic carbocycles. The second-order valence-electron chi connectivity index (χ2n) is 6.85. The number of rotatable bonds is 6. The molecule has 1 fully saturated rings. The molecule has 3 nitrogen and oxygen atoms in total. The van der Waals surface area contributed by atoms with E-state index >= 15 is 0 Å². The standard InChI is InChI=1S/C19H30N2O/c1-15(2)21(14-17-10-5-4-6-11-17)19(22)13-20-18-12-8-7-9-16(18)3/h4-6,10-11,15-16,18,20H,7-9,12-14H2,1-3H3. The van der Waals surface area contributed by atoms with Crippen molar-refractivity contribution < 1.29 is 4.79 Å². The molecular weight excluding hydrogens is 272 g/mol. The summed E-state index contributed by atoms with van der Waals surface area (Å²) in [5.41, 5.74) is 1.19. The molecule has 1 amide bonds. The molecule has 0 bridgehead atoms. The van der Waals surface area contributed by atoms with Gasteiger partial charge in [-0.15, -0.1) is 0 Å². The minimum atomic E-state index is 0.205. The normalized spacial score (nSPS) is 21.8. The molecule has 122 valence electrons. The predicted octanol–water partition coefficient (Wildman–Crippen LogP) is 3.59. The number of nitrogens with one attached hydrogen (secondary N) is 1. The lowest BCUT2D eigenvalue weighted by Gasteiger charge is -2.32. The molecule has 1 N–H and O–H groups in total. The highest BCUT2D eigenvalue weighted by Gasteiger charge is 2.23.